The van der Waals surface area contributed by atoms with Crippen LogP contribution in [0.1, 0.15) is 11.5 Å². The average molecular weight is 454 g/mol. The predicted octanol–water partition coefficient (Wildman–Crippen LogP) is 5.56. The summed E-state index contributed by atoms with van der Waals surface area (Å²) in [4.78, 5) is 26.8. The van der Waals surface area contributed by atoms with Gasteiger partial charge in [-0.05, 0) is 42.0 Å². The van der Waals surface area contributed by atoms with Gasteiger partial charge in [0, 0.05) is 35.8 Å². The number of carboxylic acids is 1. The van der Waals surface area contributed by atoms with Gasteiger partial charge in [-0.1, -0.05) is 41.4 Å². The highest BCUT2D eigenvalue weighted by molar-refractivity contribution is 6.34. The summed E-state index contributed by atoms with van der Waals surface area (Å²) in [6.07, 6.45) is 0. The molecule has 5 nitrogen and oxygen atoms in total. The molecule has 0 amide bonds. The fourth-order valence-electron chi connectivity index (χ4n) is 4.34. The van der Waals surface area contributed by atoms with Gasteiger partial charge in [0.05, 0.1) is 21.7 Å². The fraction of sp³-hybridized carbons (Fsp3) is 0.167. The Balaban J connectivity index is 1.56. The Morgan fingerprint density at radius 1 is 1.00 bits per heavy atom. The number of para-hydroxylation sites is 1. The summed E-state index contributed by atoms with van der Waals surface area (Å²) in [5, 5.41) is 11.7. The van der Waals surface area contributed by atoms with E-state index >= 15 is 0 Å². The summed E-state index contributed by atoms with van der Waals surface area (Å²) in [5.41, 5.74) is 2.36. The number of anilines is 1. The van der Waals surface area contributed by atoms with Gasteiger partial charge in [-0.15, -0.1) is 0 Å². The van der Waals surface area contributed by atoms with Gasteiger partial charge in [-0.25, -0.2) is 0 Å². The van der Waals surface area contributed by atoms with E-state index in [0.717, 1.165) is 11.3 Å². The first-order valence-electron chi connectivity index (χ1n) is 9.80. The minimum absolute atomic E-state index is 0.144. The first-order valence-corrected chi connectivity index (χ1v) is 10.6. The molecule has 2 heterocycles. The molecular weight excluding hydrogens is 437 g/mol. The van der Waals surface area contributed by atoms with Crippen LogP contribution in [0, 0.1) is 5.92 Å². The van der Waals surface area contributed by atoms with Crippen molar-refractivity contribution in [1.29, 1.82) is 0 Å². The van der Waals surface area contributed by atoms with Gasteiger partial charge in [0.15, 0.2) is 5.58 Å². The van der Waals surface area contributed by atoms with Crippen LogP contribution < -0.4 is 10.3 Å². The zero-order valence-corrected chi connectivity index (χ0v) is 17.7. The first-order chi connectivity index (χ1) is 14.9. The SMILES string of the molecule is O=C(O)[C@@H]1CN(c2ccc3c(=O)c4cccc(Cl)c4oc3c2)C[C@H]1c1ccc(Cl)cc1. The van der Waals surface area contributed by atoms with E-state index in [0.29, 0.717) is 45.1 Å². The number of carboxylic acid groups (broad SMARTS) is 1. The van der Waals surface area contributed by atoms with Crippen molar-refractivity contribution in [2.24, 2.45) is 5.92 Å². The van der Waals surface area contributed by atoms with E-state index in [9.17, 15) is 14.7 Å². The zero-order valence-electron chi connectivity index (χ0n) is 16.2. The molecule has 1 fully saturated rings. The predicted molar refractivity (Wildman–Crippen MR) is 123 cm³/mol. The van der Waals surface area contributed by atoms with E-state index in [-0.39, 0.29) is 11.3 Å². The van der Waals surface area contributed by atoms with Crippen molar-refractivity contribution in [3.8, 4) is 0 Å². The Bertz CT molecular complexity index is 1380. The zero-order chi connectivity index (χ0) is 21.7. The molecule has 31 heavy (non-hydrogen) atoms. The highest BCUT2D eigenvalue weighted by Gasteiger charge is 2.38. The molecule has 4 aromatic rings. The van der Waals surface area contributed by atoms with Crippen LogP contribution in [0.25, 0.3) is 21.9 Å². The van der Waals surface area contributed by atoms with Crippen molar-refractivity contribution >= 4 is 56.8 Å². The molecule has 0 aliphatic carbocycles. The van der Waals surface area contributed by atoms with Gasteiger partial charge >= 0.3 is 5.97 Å². The molecule has 1 aromatic heterocycles. The molecule has 7 heteroatoms. The molecule has 0 saturated carbocycles. The maximum absolute atomic E-state index is 12.9. The molecule has 0 unspecified atom stereocenters. The summed E-state index contributed by atoms with van der Waals surface area (Å²) >= 11 is 12.2. The Hall–Kier alpha value is -3.02. The van der Waals surface area contributed by atoms with Crippen molar-refractivity contribution in [2.45, 2.75) is 5.92 Å². The Kier molecular flexibility index (Phi) is 4.88. The smallest absolute Gasteiger partial charge is 0.308 e. The summed E-state index contributed by atoms with van der Waals surface area (Å²) in [6.45, 7) is 0.884. The Morgan fingerprint density at radius 3 is 2.52 bits per heavy atom. The highest BCUT2D eigenvalue weighted by Crippen LogP contribution is 2.37. The van der Waals surface area contributed by atoms with E-state index in [2.05, 4.69) is 0 Å². The first kappa shape index (κ1) is 19.9. The van der Waals surface area contributed by atoms with Crippen LogP contribution in [0.15, 0.2) is 69.9 Å². The Labute approximate surface area is 187 Å². The third-order valence-corrected chi connectivity index (χ3v) is 6.48. The van der Waals surface area contributed by atoms with Crippen molar-refractivity contribution in [2.75, 3.05) is 18.0 Å². The number of carbonyl (C=O) groups is 1. The molecule has 3 aromatic carbocycles. The maximum Gasteiger partial charge on any atom is 0.308 e. The molecule has 0 bridgehead atoms. The second kappa shape index (κ2) is 7.59. The molecule has 1 N–H and O–H groups in total. The second-order valence-corrected chi connectivity index (χ2v) is 8.58. The standard InChI is InChI=1S/C24H17Cl2NO4/c25-14-6-4-13(5-7-14)18-11-27(12-19(18)24(29)30)15-8-9-16-21(10-15)31-23-17(22(16)28)2-1-3-20(23)26/h1-10,18-19H,11-12H2,(H,29,30)/t18-,19+/m0/s1. The summed E-state index contributed by atoms with van der Waals surface area (Å²) in [7, 11) is 0. The maximum atomic E-state index is 12.9. The van der Waals surface area contributed by atoms with Crippen LogP contribution in [0.5, 0.6) is 0 Å². The molecule has 0 spiro atoms. The fourth-order valence-corrected chi connectivity index (χ4v) is 4.68. The van der Waals surface area contributed by atoms with Gasteiger partial charge < -0.3 is 14.4 Å². The van der Waals surface area contributed by atoms with Crippen LogP contribution in [-0.4, -0.2) is 24.2 Å². The minimum Gasteiger partial charge on any atom is -0.481 e. The molecule has 1 aliphatic rings. The topological polar surface area (TPSA) is 70.8 Å². The lowest BCUT2D eigenvalue weighted by molar-refractivity contribution is -0.141. The number of aliphatic carboxylic acids is 1. The summed E-state index contributed by atoms with van der Waals surface area (Å²) in [5.74, 6) is -1.58. The number of hydrogen-bond donors (Lipinski definition) is 1. The Morgan fingerprint density at radius 2 is 1.77 bits per heavy atom. The number of nitrogens with zero attached hydrogens (tertiary/aromatic N) is 1. The van der Waals surface area contributed by atoms with Crippen molar-refractivity contribution in [3.05, 3.63) is 86.5 Å². The summed E-state index contributed by atoms with van der Waals surface area (Å²) < 4.78 is 5.97. The van der Waals surface area contributed by atoms with Crippen LogP contribution >= 0.6 is 23.2 Å². The number of hydrogen-bond acceptors (Lipinski definition) is 4. The molecular formula is C24H17Cl2NO4. The average Bonchev–Trinajstić information content (AvgIpc) is 3.21. The third-order valence-electron chi connectivity index (χ3n) is 5.93. The normalized spacial score (nSPS) is 18.7. The largest absolute Gasteiger partial charge is 0.481 e. The third kappa shape index (κ3) is 3.44. The molecule has 0 radical (unpaired) electrons. The summed E-state index contributed by atoms with van der Waals surface area (Å²) in [6, 6.07) is 17.7. The van der Waals surface area contributed by atoms with E-state index in [1.165, 1.54) is 0 Å². The van der Waals surface area contributed by atoms with Crippen molar-refractivity contribution in [1.82, 2.24) is 0 Å². The monoisotopic (exact) mass is 453 g/mol. The van der Waals surface area contributed by atoms with E-state index in [1.807, 2.05) is 23.1 Å². The highest BCUT2D eigenvalue weighted by atomic mass is 35.5. The number of benzene rings is 3. The van der Waals surface area contributed by atoms with Crippen molar-refractivity contribution in [3.63, 3.8) is 0 Å². The van der Waals surface area contributed by atoms with Gasteiger partial charge in [-0.2, -0.15) is 0 Å². The van der Waals surface area contributed by atoms with E-state index < -0.39 is 11.9 Å². The number of halogens is 2. The molecule has 1 aliphatic heterocycles. The lowest BCUT2D eigenvalue weighted by Gasteiger charge is -2.19. The molecule has 156 valence electrons. The van der Waals surface area contributed by atoms with Crippen LogP contribution in [0.2, 0.25) is 10.0 Å². The lowest BCUT2D eigenvalue weighted by Crippen LogP contribution is -2.23. The van der Waals surface area contributed by atoms with Gasteiger partial charge in [0.2, 0.25) is 5.43 Å². The van der Waals surface area contributed by atoms with E-state index in [4.69, 9.17) is 27.6 Å². The van der Waals surface area contributed by atoms with Gasteiger partial charge in [0.25, 0.3) is 0 Å². The minimum atomic E-state index is -0.840. The molecule has 2 atom stereocenters. The number of fused-ring (bicyclic) bond motifs is 2. The van der Waals surface area contributed by atoms with Crippen LogP contribution in [0.4, 0.5) is 5.69 Å². The second-order valence-electron chi connectivity index (χ2n) is 7.74. The van der Waals surface area contributed by atoms with Crippen LogP contribution in [-0.2, 0) is 4.79 Å². The lowest BCUT2D eigenvalue weighted by atomic mass is 9.89. The van der Waals surface area contributed by atoms with Crippen LogP contribution in [0.3, 0.4) is 0 Å². The quantitative estimate of drug-likeness (QED) is 0.411. The molecule has 1 saturated heterocycles. The molecule has 5 rings (SSSR count). The van der Waals surface area contributed by atoms with Crippen molar-refractivity contribution < 1.29 is 14.3 Å². The number of rotatable bonds is 3. The van der Waals surface area contributed by atoms with Gasteiger partial charge in [-0.3, -0.25) is 9.59 Å². The van der Waals surface area contributed by atoms with Gasteiger partial charge in [0.1, 0.15) is 5.58 Å². The van der Waals surface area contributed by atoms with E-state index in [1.54, 1.807) is 42.5 Å².